The maximum atomic E-state index is 12.7. The van der Waals surface area contributed by atoms with Crippen molar-refractivity contribution >= 4 is 24.0 Å². The molecule has 256 valence electrons. The lowest BCUT2D eigenvalue weighted by atomic mass is 9.53. The smallest absolute Gasteiger partial charge is 0.321 e. The van der Waals surface area contributed by atoms with Gasteiger partial charge in [0.05, 0.1) is 0 Å². The number of carbonyl (C=O) groups excluding carboxylic acids is 2. The summed E-state index contributed by atoms with van der Waals surface area (Å²) in [5, 5.41) is 34.5. The number of urea groups is 2. The highest BCUT2D eigenvalue weighted by Crippen LogP contribution is 2.56. The molecule has 0 unspecified atom stereocenters. The Morgan fingerprint density at radius 1 is 0.543 bits per heavy atom. The zero-order chi connectivity index (χ0) is 31.7. The number of rotatable bonds is 10. The first-order chi connectivity index (χ1) is 22.2. The lowest BCUT2D eigenvalue weighted by Gasteiger charge is -2.56. The van der Waals surface area contributed by atoms with E-state index in [4.69, 9.17) is 10.8 Å². The summed E-state index contributed by atoms with van der Waals surface area (Å²) < 4.78 is 0. The summed E-state index contributed by atoms with van der Waals surface area (Å²) in [5.41, 5.74) is -0.0769. The van der Waals surface area contributed by atoms with Gasteiger partial charge >= 0.3 is 12.1 Å². The highest BCUT2D eigenvalue weighted by atomic mass is 16.2. The Morgan fingerprint density at radius 3 is 1.15 bits per heavy atom. The van der Waals surface area contributed by atoms with Crippen molar-refractivity contribution in [1.82, 2.24) is 41.7 Å². The Hall–Kier alpha value is -2.60. The number of piperazine rings is 1. The maximum absolute atomic E-state index is 12.7. The molecule has 1 aliphatic heterocycles. The van der Waals surface area contributed by atoms with Gasteiger partial charge in [-0.1, -0.05) is 0 Å². The van der Waals surface area contributed by atoms with Crippen LogP contribution < -0.4 is 31.9 Å². The van der Waals surface area contributed by atoms with Gasteiger partial charge in [0.2, 0.25) is 0 Å². The normalized spacial score (nSPS) is 37.5. The van der Waals surface area contributed by atoms with Gasteiger partial charge in [-0.2, -0.15) is 0 Å². The van der Waals surface area contributed by atoms with E-state index in [9.17, 15) is 9.59 Å². The van der Waals surface area contributed by atoms with Crippen molar-refractivity contribution in [3.05, 3.63) is 0 Å². The van der Waals surface area contributed by atoms with Gasteiger partial charge in [-0.25, -0.2) is 9.59 Å². The summed E-state index contributed by atoms with van der Waals surface area (Å²) in [6, 6.07) is -0.450. The summed E-state index contributed by atoms with van der Waals surface area (Å²) in [5.74, 6) is 4.86. The van der Waals surface area contributed by atoms with Gasteiger partial charge in [0.1, 0.15) is 0 Å². The van der Waals surface area contributed by atoms with Gasteiger partial charge in [-0.3, -0.25) is 21.5 Å². The van der Waals surface area contributed by atoms with Crippen molar-refractivity contribution in [3.8, 4) is 0 Å². The predicted molar refractivity (Wildman–Crippen MR) is 179 cm³/mol. The van der Waals surface area contributed by atoms with E-state index in [0.717, 1.165) is 126 Å². The quantitative estimate of drug-likeness (QED) is 0.104. The monoisotopic (exact) mass is 638 g/mol. The standard InChI is InChI=1S/C34H58N10O2/c35-29(39-31(45)41-33-17-23-11-24(18-33)13-25(12-23)19-33)37-3-1-5-43-7-9-44(10-8-43)6-2-4-38-30(36)40-32(46)42-34-20-26-14-27(21-34)16-28(15-26)22-34/h23-28H,1-22H2,(H4,35,37,39,41,45)(H4,36,38,40,42,46). The maximum Gasteiger partial charge on any atom is 0.321 e. The Bertz CT molecular complexity index is 992. The Labute approximate surface area is 274 Å². The fourth-order valence-corrected chi connectivity index (χ4v) is 11.7. The molecule has 0 aromatic heterocycles. The number of hydrogen-bond donors (Lipinski definition) is 8. The Morgan fingerprint density at radius 2 is 0.848 bits per heavy atom. The first-order valence-electron chi connectivity index (χ1n) is 18.5. The van der Waals surface area contributed by atoms with Crippen molar-refractivity contribution in [2.75, 3.05) is 52.4 Å². The zero-order valence-corrected chi connectivity index (χ0v) is 27.7. The molecule has 1 heterocycles. The topological polar surface area (TPSA) is 160 Å². The highest BCUT2D eigenvalue weighted by molar-refractivity contribution is 5.95. The third kappa shape index (κ3) is 7.75. The molecule has 46 heavy (non-hydrogen) atoms. The second-order valence-electron chi connectivity index (χ2n) is 16.5. The molecule has 4 amide bonds. The molecule has 0 aromatic rings. The summed E-state index contributed by atoms with van der Waals surface area (Å²) in [4.78, 5) is 30.3. The first-order valence-corrected chi connectivity index (χ1v) is 18.5. The van der Waals surface area contributed by atoms with E-state index in [0.29, 0.717) is 13.1 Å². The third-order valence-electron chi connectivity index (χ3n) is 12.7. The molecule has 8 N–H and O–H groups in total. The molecule has 8 aliphatic carbocycles. The molecule has 0 radical (unpaired) electrons. The SMILES string of the molecule is N=C(NCCCN1CCN(CCCNC(=N)NC(=O)NC23CC4CC(CC(C4)C2)C3)CC1)NC(=O)NC12CC3CC(CC(C3)C1)C2. The second kappa shape index (κ2) is 13.5. The summed E-state index contributed by atoms with van der Waals surface area (Å²) in [7, 11) is 0. The number of guanidine groups is 2. The number of hydrogen-bond acceptors (Lipinski definition) is 6. The largest absolute Gasteiger partial charge is 0.356 e. The fraction of sp³-hybridized carbons (Fsp3) is 0.882. The van der Waals surface area contributed by atoms with E-state index < -0.39 is 0 Å². The number of amides is 4. The third-order valence-corrected chi connectivity index (χ3v) is 12.7. The minimum absolute atomic E-state index is 0.0384. The molecule has 0 spiro atoms. The molecule has 8 bridgehead atoms. The minimum atomic E-state index is -0.225. The van der Waals surface area contributed by atoms with Gasteiger partial charge in [0.15, 0.2) is 11.9 Å². The van der Waals surface area contributed by atoms with Crippen LogP contribution in [0.15, 0.2) is 0 Å². The zero-order valence-electron chi connectivity index (χ0n) is 27.7. The molecular formula is C34H58N10O2. The van der Waals surface area contributed by atoms with Gasteiger partial charge in [0, 0.05) is 50.3 Å². The molecule has 12 nitrogen and oxygen atoms in total. The van der Waals surface area contributed by atoms with Crippen molar-refractivity contribution < 1.29 is 9.59 Å². The lowest BCUT2D eigenvalue weighted by Crippen LogP contribution is -2.62. The van der Waals surface area contributed by atoms with Gasteiger partial charge < -0.3 is 31.1 Å². The molecule has 9 aliphatic rings. The van der Waals surface area contributed by atoms with Crippen molar-refractivity contribution in [1.29, 1.82) is 10.8 Å². The number of nitrogens with one attached hydrogen (secondary N) is 8. The summed E-state index contributed by atoms with van der Waals surface area (Å²) in [6.45, 7) is 7.40. The van der Waals surface area contributed by atoms with Gasteiger partial charge in [-0.05, 0) is 138 Å². The van der Waals surface area contributed by atoms with Crippen LogP contribution >= 0.6 is 0 Å². The van der Waals surface area contributed by atoms with Crippen LogP contribution in [0.25, 0.3) is 0 Å². The van der Waals surface area contributed by atoms with E-state index in [1.54, 1.807) is 0 Å². The van der Waals surface area contributed by atoms with Gasteiger partial charge in [0.25, 0.3) is 0 Å². The molecule has 12 heteroatoms. The predicted octanol–water partition coefficient (Wildman–Crippen LogP) is 2.97. The average molecular weight is 639 g/mol. The van der Waals surface area contributed by atoms with Gasteiger partial charge in [-0.15, -0.1) is 0 Å². The van der Waals surface area contributed by atoms with E-state index in [1.165, 1.54) is 38.5 Å². The molecule has 1 saturated heterocycles. The second-order valence-corrected chi connectivity index (χ2v) is 16.5. The molecule has 8 saturated carbocycles. The van der Waals surface area contributed by atoms with Crippen molar-refractivity contribution in [2.24, 2.45) is 35.5 Å². The molecule has 0 atom stereocenters. The van der Waals surface area contributed by atoms with Crippen LogP contribution in [0.5, 0.6) is 0 Å². The Kier molecular flexibility index (Phi) is 9.38. The van der Waals surface area contributed by atoms with E-state index in [-0.39, 0.29) is 35.1 Å². The number of carbonyl (C=O) groups is 2. The lowest BCUT2D eigenvalue weighted by molar-refractivity contribution is -0.0135. The van der Waals surface area contributed by atoms with Crippen molar-refractivity contribution in [2.45, 2.75) is 101 Å². The fourth-order valence-electron chi connectivity index (χ4n) is 11.7. The van der Waals surface area contributed by atoms with Crippen LogP contribution in [-0.4, -0.2) is 97.2 Å². The Balaban J connectivity index is 0.697. The van der Waals surface area contributed by atoms with E-state index in [2.05, 4.69) is 41.7 Å². The molecule has 9 fully saturated rings. The molecule has 0 aromatic carbocycles. The minimum Gasteiger partial charge on any atom is -0.356 e. The van der Waals surface area contributed by atoms with Crippen LogP contribution in [0.3, 0.4) is 0 Å². The van der Waals surface area contributed by atoms with E-state index >= 15 is 0 Å². The van der Waals surface area contributed by atoms with Crippen LogP contribution in [0, 0.1) is 46.3 Å². The van der Waals surface area contributed by atoms with E-state index in [1.807, 2.05) is 0 Å². The highest BCUT2D eigenvalue weighted by Gasteiger charge is 2.52. The molecule has 9 rings (SSSR count). The van der Waals surface area contributed by atoms with Crippen LogP contribution in [0.1, 0.15) is 89.9 Å². The summed E-state index contributed by atoms with van der Waals surface area (Å²) in [6.07, 6.45) is 16.6. The number of nitrogens with zero attached hydrogens (tertiary/aromatic N) is 2. The first kappa shape index (κ1) is 32.0. The molecular weight excluding hydrogens is 580 g/mol. The summed E-state index contributed by atoms with van der Waals surface area (Å²) >= 11 is 0. The van der Waals surface area contributed by atoms with Crippen LogP contribution in [0.4, 0.5) is 9.59 Å². The average Bonchev–Trinajstić information content (AvgIpc) is 2.96. The van der Waals surface area contributed by atoms with Crippen LogP contribution in [0.2, 0.25) is 0 Å². The van der Waals surface area contributed by atoms with Crippen molar-refractivity contribution in [3.63, 3.8) is 0 Å². The van der Waals surface area contributed by atoms with Crippen LogP contribution in [-0.2, 0) is 0 Å².